The van der Waals surface area contributed by atoms with Gasteiger partial charge in [0.05, 0.1) is 11.1 Å². The highest BCUT2D eigenvalue weighted by Crippen LogP contribution is 2.38. The zero-order valence-electron chi connectivity index (χ0n) is 13.2. The summed E-state index contributed by atoms with van der Waals surface area (Å²) in [6.07, 6.45) is 0. The molecule has 0 radical (unpaired) electrons. The van der Waals surface area contributed by atoms with E-state index < -0.39 is 5.56 Å². The number of aromatic amines is 1. The maximum Gasteiger partial charge on any atom is 0.273 e. The minimum Gasteiger partial charge on any atom is -0.454 e. The van der Waals surface area contributed by atoms with Gasteiger partial charge in [-0.3, -0.25) is 9.59 Å². The van der Waals surface area contributed by atoms with Crippen LogP contribution < -0.4 is 10.9 Å². The van der Waals surface area contributed by atoms with Gasteiger partial charge in [0.25, 0.3) is 5.56 Å². The zero-order chi connectivity index (χ0) is 17.6. The van der Waals surface area contributed by atoms with E-state index in [1.807, 2.05) is 30.3 Å². The Kier molecular flexibility index (Phi) is 3.58. The van der Waals surface area contributed by atoms with E-state index in [4.69, 9.17) is 16.0 Å². The molecule has 0 saturated carbocycles. The summed E-state index contributed by atoms with van der Waals surface area (Å²) in [5.41, 5.74) is 2.73. The maximum atomic E-state index is 12.6. The van der Waals surface area contributed by atoms with Gasteiger partial charge in [0.1, 0.15) is 11.3 Å². The van der Waals surface area contributed by atoms with Crippen LogP contribution >= 0.6 is 11.6 Å². The molecule has 0 unspecified atom stereocenters. The van der Waals surface area contributed by atoms with Gasteiger partial charge in [0.2, 0.25) is 5.91 Å². The molecule has 0 aliphatic rings. The van der Waals surface area contributed by atoms with E-state index >= 15 is 0 Å². The summed E-state index contributed by atoms with van der Waals surface area (Å²) in [5, 5.41) is 3.88. The number of benzene rings is 2. The van der Waals surface area contributed by atoms with Crippen LogP contribution in [0.3, 0.4) is 0 Å². The summed E-state index contributed by atoms with van der Waals surface area (Å²) < 4.78 is 5.99. The van der Waals surface area contributed by atoms with Crippen LogP contribution in [0.25, 0.3) is 33.2 Å². The molecule has 25 heavy (non-hydrogen) atoms. The highest BCUT2D eigenvalue weighted by atomic mass is 35.5. The van der Waals surface area contributed by atoms with Gasteiger partial charge in [0.15, 0.2) is 5.58 Å². The van der Waals surface area contributed by atoms with Crippen LogP contribution in [0.2, 0.25) is 5.02 Å². The molecule has 0 aliphatic heterocycles. The number of fused-ring (bicyclic) bond motifs is 3. The molecule has 0 spiro atoms. The number of halogens is 1. The number of aromatic nitrogens is 1. The van der Waals surface area contributed by atoms with Crippen molar-refractivity contribution < 1.29 is 9.21 Å². The molecule has 5 nitrogen and oxygen atoms in total. The fraction of sp³-hybridized carbons (Fsp3) is 0.0526. The average Bonchev–Trinajstić information content (AvgIpc) is 2.93. The molecule has 0 atom stereocenters. The fourth-order valence-electron chi connectivity index (χ4n) is 2.95. The molecule has 4 rings (SSSR count). The number of hydrogen-bond acceptors (Lipinski definition) is 3. The molecule has 2 N–H and O–H groups in total. The lowest BCUT2D eigenvalue weighted by Gasteiger charge is -2.10. The number of nitrogens with one attached hydrogen (secondary N) is 2. The first-order chi connectivity index (χ1) is 12.0. The van der Waals surface area contributed by atoms with Crippen molar-refractivity contribution in [2.45, 2.75) is 6.92 Å². The van der Waals surface area contributed by atoms with Crippen molar-refractivity contribution >= 4 is 45.3 Å². The first-order valence-corrected chi connectivity index (χ1v) is 8.03. The van der Waals surface area contributed by atoms with Crippen molar-refractivity contribution in [3.8, 4) is 11.1 Å². The number of pyridine rings is 1. The van der Waals surface area contributed by atoms with Gasteiger partial charge >= 0.3 is 0 Å². The molecule has 4 aromatic rings. The van der Waals surface area contributed by atoms with Gasteiger partial charge in [-0.1, -0.05) is 41.9 Å². The average molecular weight is 353 g/mol. The first kappa shape index (κ1) is 15.5. The van der Waals surface area contributed by atoms with E-state index in [9.17, 15) is 9.59 Å². The summed E-state index contributed by atoms with van der Waals surface area (Å²) >= 11 is 6.08. The third-order valence-electron chi connectivity index (χ3n) is 3.96. The quantitative estimate of drug-likeness (QED) is 0.555. The van der Waals surface area contributed by atoms with Gasteiger partial charge in [-0.15, -0.1) is 0 Å². The number of carbonyl (C=O) groups excluding carboxylic acids is 1. The Morgan fingerprint density at radius 2 is 1.92 bits per heavy atom. The van der Waals surface area contributed by atoms with E-state index in [-0.39, 0.29) is 11.6 Å². The van der Waals surface area contributed by atoms with Crippen molar-refractivity contribution in [3.05, 3.63) is 63.9 Å². The molecule has 2 heterocycles. The van der Waals surface area contributed by atoms with E-state index in [0.29, 0.717) is 32.7 Å². The fourth-order valence-corrected chi connectivity index (χ4v) is 3.12. The molecule has 0 fully saturated rings. The van der Waals surface area contributed by atoms with Crippen molar-refractivity contribution in [1.82, 2.24) is 4.98 Å². The monoisotopic (exact) mass is 352 g/mol. The van der Waals surface area contributed by atoms with Crippen molar-refractivity contribution in [3.63, 3.8) is 0 Å². The normalized spacial score (nSPS) is 11.1. The number of anilines is 1. The molecular weight excluding hydrogens is 340 g/mol. The summed E-state index contributed by atoms with van der Waals surface area (Å²) in [7, 11) is 0. The maximum absolute atomic E-state index is 12.6. The lowest BCUT2D eigenvalue weighted by Crippen LogP contribution is -2.18. The second-order valence-corrected chi connectivity index (χ2v) is 6.13. The van der Waals surface area contributed by atoms with E-state index in [2.05, 4.69) is 10.3 Å². The molecule has 0 bridgehead atoms. The van der Waals surface area contributed by atoms with Crippen molar-refractivity contribution in [2.24, 2.45) is 0 Å². The van der Waals surface area contributed by atoms with E-state index in [0.717, 1.165) is 5.56 Å². The van der Waals surface area contributed by atoms with Crippen LogP contribution in [0, 0.1) is 0 Å². The zero-order valence-corrected chi connectivity index (χ0v) is 14.0. The van der Waals surface area contributed by atoms with Crippen molar-refractivity contribution in [1.29, 1.82) is 0 Å². The largest absolute Gasteiger partial charge is 0.454 e. The molecule has 2 aromatic heterocycles. The highest BCUT2D eigenvalue weighted by molar-refractivity contribution is 6.31. The third-order valence-corrected chi connectivity index (χ3v) is 4.19. The standard InChI is InChI=1S/C19H13ClN2O3/c1-10(23)21-17-15(11-5-3-2-4-6-11)18-16(22-19(17)24)13-9-12(20)7-8-14(13)25-18/h2-9H,1H3,(H,21,23)(H,22,24). The molecular formula is C19H13ClN2O3. The summed E-state index contributed by atoms with van der Waals surface area (Å²) in [5.74, 6) is -0.332. The lowest BCUT2D eigenvalue weighted by atomic mass is 10.0. The van der Waals surface area contributed by atoms with Gasteiger partial charge in [0, 0.05) is 17.3 Å². The Bertz CT molecular complexity index is 1180. The number of carbonyl (C=O) groups is 1. The first-order valence-electron chi connectivity index (χ1n) is 7.65. The van der Waals surface area contributed by atoms with E-state index in [1.165, 1.54) is 6.92 Å². The smallest absolute Gasteiger partial charge is 0.273 e. The van der Waals surface area contributed by atoms with Crippen LogP contribution in [0.15, 0.2) is 57.7 Å². The predicted octanol–water partition coefficient (Wildman–Crippen LogP) is 4.55. The topological polar surface area (TPSA) is 75.1 Å². The lowest BCUT2D eigenvalue weighted by molar-refractivity contribution is -0.114. The Balaban J connectivity index is 2.18. The molecule has 0 aliphatic carbocycles. The number of rotatable bonds is 2. The van der Waals surface area contributed by atoms with Gasteiger partial charge in [-0.2, -0.15) is 0 Å². The predicted molar refractivity (Wildman–Crippen MR) is 99.1 cm³/mol. The van der Waals surface area contributed by atoms with Crippen LogP contribution in [0.5, 0.6) is 0 Å². The molecule has 6 heteroatoms. The Hall–Kier alpha value is -3.05. The highest BCUT2D eigenvalue weighted by Gasteiger charge is 2.20. The number of H-pyrrole nitrogens is 1. The summed E-state index contributed by atoms with van der Waals surface area (Å²) in [6, 6.07) is 14.5. The SMILES string of the molecule is CC(=O)Nc1c(-c2ccccc2)c2oc3ccc(Cl)cc3c2[nH]c1=O. The number of furan rings is 1. The van der Waals surface area contributed by atoms with Gasteiger partial charge in [-0.25, -0.2) is 0 Å². The minimum absolute atomic E-state index is 0.163. The molecule has 2 aromatic carbocycles. The second kappa shape index (κ2) is 5.79. The summed E-state index contributed by atoms with van der Waals surface area (Å²) in [6.45, 7) is 1.36. The summed E-state index contributed by atoms with van der Waals surface area (Å²) in [4.78, 5) is 27.0. The second-order valence-electron chi connectivity index (χ2n) is 5.70. The van der Waals surface area contributed by atoms with Gasteiger partial charge < -0.3 is 14.7 Å². The Morgan fingerprint density at radius 3 is 2.64 bits per heavy atom. The Labute approximate surface area is 147 Å². The minimum atomic E-state index is -0.399. The van der Waals surface area contributed by atoms with Crippen molar-refractivity contribution in [2.75, 3.05) is 5.32 Å². The number of amides is 1. The molecule has 124 valence electrons. The van der Waals surface area contributed by atoms with E-state index in [1.54, 1.807) is 18.2 Å². The Morgan fingerprint density at radius 1 is 1.16 bits per heavy atom. The van der Waals surface area contributed by atoms with Crippen LogP contribution in [0.4, 0.5) is 5.69 Å². The van der Waals surface area contributed by atoms with Gasteiger partial charge in [-0.05, 0) is 23.8 Å². The van der Waals surface area contributed by atoms with Crippen LogP contribution in [0.1, 0.15) is 6.92 Å². The van der Waals surface area contributed by atoms with Crippen LogP contribution in [-0.2, 0) is 4.79 Å². The molecule has 1 amide bonds. The third kappa shape index (κ3) is 2.58. The molecule has 0 saturated heterocycles. The number of hydrogen-bond donors (Lipinski definition) is 2. The van der Waals surface area contributed by atoms with Crippen LogP contribution in [-0.4, -0.2) is 10.9 Å².